The highest BCUT2D eigenvalue weighted by molar-refractivity contribution is 5.12. The van der Waals surface area contributed by atoms with Crippen molar-refractivity contribution >= 4 is 0 Å². The van der Waals surface area contributed by atoms with Crippen LogP contribution in [-0.2, 0) is 6.54 Å². The van der Waals surface area contributed by atoms with Gasteiger partial charge in [-0.25, -0.2) is 0 Å². The van der Waals surface area contributed by atoms with Gasteiger partial charge in [-0.1, -0.05) is 18.9 Å². The number of hydrogen-bond donors (Lipinski definition) is 1. The van der Waals surface area contributed by atoms with Crippen molar-refractivity contribution < 1.29 is 0 Å². The van der Waals surface area contributed by atoms with Crippen LogP contribution in [-0.4, -0.2) is 29.5 Å². The summed E-state index contributed by atoms with van der Waals surface area (Å²) in [6, 6.07) is 4.90. The van der Waals surface area contributed by atoms with Crippen LogP contribution in [0.1, 0.15) is 36.9 Å². The average Bonchev–Trinajstić information content (AvgIpc) is 2.41. The SMILES string of the molecule is Cc1ccc(CN(C)C2CCCCC2CN)nc1. The van der Waals surface area contributed by atoms with E-state index in [1.807, 2.05) is 6.20 Å². The number of nitrogens with two attached hydrogens (primary N) is 1. The Morgan fingerprint density at radius 3 is 2.78 bits per heavy atom. The summed E-state index contributed by atoms with van der Waals surface area (Å²) in [6.07, 6.45) is 7.20. The molecule has 18 heavy (non-hydrogen) atoms. The molecule has 1 saturated carbocycles. The molecule has 1 aromatic rings. The highest BCUT2D eigenvalue weighted by atomic mass is 15.1. The van der Waals surface area contributed by atoms with Crippen molar-refractivity contribution in [2.24, 2.45) is 11.7 Å². The van der Waals surface area contributed by atoms with E-state index in [9.17, 15) is 0 Å². The van der Waals surface area contributed by atoms with Crippen molar-refractivity contribution in [3.8, 4) is 0 Å². The van der Waals surface area contributed by atoms with Gasteiger partial charge in [0.25, 0.3) is 0 Å². The molecule has 1 fully saturated rings. The summed E-state index contributed by atoms with van der Waals surface area (Å²) in [4.78, 5) is 6.93. The van der Waals surface area contributed by atoms with E-state index >= 15 is 0 Å². The van der Waals surface area contributed by atoms with Crippen LogP contribution >= 0.6 is 0 Å². The number of rotatable bonds is 4. The molecule has 2 atom stereocenters. The monoisotopic (exact) mass is 247 g/mol. The lowest BCUT2D eigenvalue weighted by molar-refractivity contribution is 0.126. The summed E-state index contributed by atoms with van der Waals surface area (Å²) in [5, 5.41) is 0. The fourth-order valence-electron chi connectivity index (χ4n) is 3.01. The van der Waals surface area contributed by atoms with Gasteiger partial charge < -0.3 is 5.73 Å². The Morgan fingerprint density at radius 1 is 1.33 bits per heavy atom. The molecule has 0 spiro atoms. The third-order valence-corrected chi connectivity index (χ3v) is 4.12. The second-order valence-electron chi connectivity index (χ2n) is 5.59. The molecule has 0 bridgehead atoms. The van der Waals surface area contributed by atoms with Crippen molar-refractivity contribution in [3.63, 3.8) is 0 Å². The maximum absolute atomic E-state index is 5.90. The molecule has 0 aromatic carbocycles. The van der Waals surface area contributed by atoms with Crippen LogP contribution in [0.25, 0.3) is 0 Å². The van der Waals surface area contributed by atoms with Crippen LogP contribution in [0.5, 0.6) is 0 Å². The van der Waals surface area contributed by atoms with Crippen molar-refractivity contribution in [3.05, 3.63) is 29.6 Å². The van der Waals surface area contributed by atoms with E-state index in [0.29, 0.717) is 12.0 Å². The van der Waals surface area contributed by atoms with Gasteiger partial charge in [0.05, 0.1) is 5.69 Å². The Labute approximate surface area is 110 Å². The molecule has 0 aliphatic heterocycles. The fourth-order valence-corrected chi connectivity index (χ4v) is 3.01. The van der Waals surface area contributed by atoms with Crippen LogP contribution in [0.4, 0.5) is 0 Å². The van der Waals surface area contributed by atoms with Gasteiger partial charge in [-0.15, -0.1) is 0 Å². The Kier molecular flexibility index (Phi) is 4.72. The largest absolute Gasteiger partial charge is 0.330 e. The maximum Gasteiger partial charge on any atom is 0.0544 e. The zero-order valence-corrected chi connectivity index (χ0v) is 11.6. The smallest absolute Gasteiger partial charge is 0.0544 e. The lowest BCUT2D eigenvalue weighted by Crippen LogP contribution is -2.42. The Balaban J connectivity index is 1.97. The second kappa shape index (κ2) is 6.30. The summed E-state index contributed by atoms with van der Waals surface area (Å²) >= 11 is 0. The molecule has 2 rings (SSSR count). The number of aryl methyl sites for hydroxylation is 1. The molecule has 1 aliphatic rings. The normalized spacial score (nSPS) is 24.4. The minimum absolute atomic E-state index is 0.631. The van der Waals surface area contributed by atoms with Gasteiger partial charge in [-0.3, -0.25) is 9.88 Å². The Bertz CT molecular complexity index is 361. The highest BCUT2D eigenvalue weighted by Crippen LogP contribution is 2.27. The molecule has 0 amide bonds. The minimum atomic E-state index is 0.631. The zero-order chi connectivity index (χ0) is 13.0. The van der Waals surface area contributed by atoms with Gasteiger partial charge in [0.1, 0.15) is 0 Å². The lowest BCUT2D eigenvalue weighted by atomic mass is 9.83. The first-order valence-corrected chi connectivity index (χ1v) is 7.02. The van der Waals surface area contributed by atoms with Gasteiger partial charge in [-0.05, 0) is 50.9 Å². The molecule has 0 radical (unpaired) electrons. The molecule has 3 heteroatoms. The third kappa shape index (κ3) is 3.30. The van der Waals surface area contributed by atoms with Gasteiger partial charge in [0.2, 0.25) is 0 Å². The lowest BCUT2D eigenvalue weighted by Gasteiger charge is -2.37. The average molecular weight is 247 g/mol. The van der Waals surface area contributed by atoms with E-state index in [2.05, 4.69) is 36.0 Å². The summed E-state index contributed by atoms with van der Waals surface area (Å²) < 4.78 is 0. The van der Waals surface area contributed by atoms with Gasteiger partial charge in [-0.2, -0.15) is 0 Å². The Hall–Kier alpha value is -0.930. The van der Waals surface area contributed by atoms with Crippen LogP contribution in [0.2, 0.25) is 0 Å². The Morgan fingerprint density at radius 2 is 2.11 bits per heavy atom. The molecule has 2 N–H and O–H groups in total. The van der Waals surface area contributed by atoms with Crippen molar-refractivity contribution in [2.75, 3.05) is 13.6 Å². The summed E-state index contributed by atoms with van der Waals surface area (Å²) in [5.41, 5.74) is 8.28. The van der Waals surface area contributed by atoms with Crippen LogP contribution in [0.15, 0.2) is 18.3 Å². The van der Waals surface area contributed by atoms with E-state index in [1.54, 1.807) is 0 Å². The molecule has 1 aromatic heterocycles. The predicted octanol–water partition coefficient (Wildman–Crippen LogP) is 2.34. The van der Waals surface area contributed by atoms with Gasteiger partial charge >= 0.3 is 0 Å². The summed E-state index contributed by atoms with van der Waals surface area (Å²) in [7, 11) is 2.21. The first kappa shape index (κ1) is 13.5. The van der Waals surface area contributed by atoms with E-state index in [4.69, 9.17) is 5.73 Å². The highest BCUT2D eigenvalue weighted by Gasteiger charge is 2.27. The van der Waals surface area contributed by atoms with E-state index in [0.717, 1.165) is 18.8 Å². The number of pyridine rings is 1. The quantitative estimate of drug-likeness (QED) is 0.888. The number of nitrogens with zero attached hydrogens (tertiary/aromatic N) is 2. The molecule has 2 unspecified atom stereocenters. The van der Waals surface area contributed by atoms with Gasteiger partial charge in [0, 0.05) is 18.8 Å². The standard InChI is InChI=1S/C15H25N3/c1-12-7-8-14(17-10-12)11-18(2)15-6-4-3-5-13(15)9-16/h7-8,10,13,15H,3-6,9,11,16H2,1-2H3. The molecule has 1 heterocycles. The molecular formula is C15H25N3. The first-order valence-electron chi connectivity index (χ1n) is 7.02. The topological polar surface area (TPSA) is 42.1 Å². The summed E-state index contributed by atoms with van der Waals surface area (Å²) in [6.45, 7) is 3.82. The number of aromatic nitrogens is 1. The van der Waals surface area contributed by atoms with Crippen molar-refractivity contribution in [1.82, 2.24) is 9.88 Å². The third-order valence-electron chi connectivity index (χ3n) is 4.12. The molecular weight excluding hydrogens is 222 g/mol. The molecule has 3 nitrogen and oxygen atoms in total. The first-order chi connectivity index (χ1) is 8.70. The van der Waals surface area contributed by atoms with Gasteiger partial charge in [0.15, 0.2) is 0 Å². The summed E-state index contributed by atoms with van der Waals surface area (Å²) in [5.74, 6) is 0.661. The molecule has 1 aliphatic carbocycles. The molecule has 0 saturated heterocycles. The molecule has 100 valence electrons. The van der Waals surface area contributed by atoms with E-state index in [-0.39, 0.29) is 0 Å². The van der Waals surface area contributed by atoms with Crippen LogP contribution in [0.3, 0.4) is 0 Å². The van der Waals surface area contributed by atoms with E-state index < -0.39 is 0 Å². The second-order valence-corrected chi connectivity index (χ2v) is 5.59. The fraction of sp³-hybridized carbons (Fsp3) is 0.667. The predicted molar refractivity (Wildman–Crippen MR) is 75.2 cm³/mol. The van der Waals surface area contributed by atoms with Crippen molar-refractivity contribution in [1.29, 1.82) is 0 Å². The van der Waals surface area contributed by atoms with Crippen LogP contribution in [0, 0.1) is 12.8 Å². The number of hydrogen-bond acceptors (Lipinski definition) is 3. The van der Waals surface area contributed by atoms with Crippen LogP contribution < -0.4 is 5.73 Å². The minimum Gasteiger partial charge on any atom is -0.330 e. The zero-order valence-electron chi connectivity index (χ0n) is 11.6. The van der Waals surface area contributed by atoms with Crippen molar-refractivity contribution in [2.45, 2.75) is 45.2 Å². The maximum atomic E-state index is 5.90. The van der Waals surface area contributed by atoms with E-state index in [1.165, 1.54) is 31.2 Å².